The van der Waals surface area contributed by atoms with E-state index in [0.717, 1.165) is 0 Å². The van der Waals surface area contributed by atoms with Gasteiger partial charge in [-0.3, -0.25) is 4.79 Å². The summed E-state index contributed by atoms with van der Waals surface area (Å²) >= 11 is 1.46. The largest absolute Gasteiger partial charge is 0.481 e. The molecule has 54 valence electrons. The third-order valence-electron chi connectivity index (χ3n) is 0.563. The van der Waals surface area contributed by atoms with Crippen LogP contribution in [0.4, 0.5) is 0 Å². The number of carbonyl (C=O) groups is 1. The summed E-state index contributed by atoms with van der Waals surface area (Å²) in [4.78, 5) is 9.82. The maximum Gasteiger partial charge on any atom is 0.306 e. The van der Waals surface area contributed by atoms with Crippen molar-refractivity contribution in [3.05, 3.63) is 0 Å². The number of carboxylic acid groups (broad SMARTS) is 1. The average molecular weight is 264 g/mol. The van der Waals surface area contributed by atoms with Crippen LogP contribution in [0.3, 0.4) is 0 Å². The number of hydrogen-bond donors (Lipinski definition) is 2. The van der Waals surface area contributed by atoms with Crippen LogP contribution >= 0.6 is 21.2 Å². The van der Waals surface area contributed by atoms with Crippen LogP contribution in [0.1, 0.15) is 6.42 Å². The highest BCUT2D eigenvalue weighted by molar-refractivity contribution is 14.2. The molecule has 0 bridgehead atoms. The Morgan fingerprint density at radius 3 is 2.33 bits per heavy atom. The lowest BCUT2D eigenvalue weighted by Gasteiger charge is -1.99. The molecule has 0 heterocycles. The Morgan fingerprint density at radius 1 is 1.78 bits per heavy atom. The second-order valence-corrected chi connectivity index (χ2v) is 4.95. The van der Waals surface area contributed by atoms with Gasteiger partial charge in [-0.2, -0.15) is 0 Å². The second-order valence-electron chi connectivity index (χ2n) is 1.30. The van der Waals surface area contributed by atoms with Crippen molar-refractivity contribution < 1.29 is 19.2 Å². The van der Waals surface area contributed by atoms with Crippen LogP contribution in [0.2, 0.25) is 0 Å². The molecule has 0 aliphatic heterocycles. The lowest BCUT2D eigenvalue weighted by atomic mass is 10.5. The van der Waals surface area contributed by atoms with Gasteiger partial charge in [0.2, 0.25) is 0 Å². The molecule has 0 aliphatic rings. The summed E-state index contributed by atoms with van der Waals surface area (Å²) in [7, 11) is -1.49. The van der Waals surface area contributed by atoms with Crippen LogP contribution < -0.4 is 0 Å². The highest BCUT2D eigenvalue weighted by Gasteiger charge is 2.13. The minimum absolute atomic E-state index is 0.463. The van der Waals surface area contributed by atoms with E-state index in [-0.39, 0.29) is 0 Å². The molecule has 9 heavy (non-hydrogen) atoms. The van der Waals surface area contributed by atoms with E-state index >= 15 is 0 Å². The normalized spacial score (nSPS) is 16.7. The Hall–Kier alpha value is 0.310. The molecule has 0 aromatic heterocycles. The van der Waals surface area contributed by atoms with Crippen molar-refractivity contribution in [2.45, 2.75) is 11.9 Å². The first kappa shape index (κ1) is 9.31. The molecule has 6 heteroatoms. The van der Waals surface area contributed by atoms with Crippen molar-refractivity contribution in [2.75, 3.05) is 0 Å². The van der Waals surface area contributed by atoms with Gasteiger partial charge in [0.15, 0.2) is 0 Å². The summed E-state index contributed by atoms with van der Waals surface area (Å²) in [5.74, 6) is -1.15. The molecular formula is C3H5IO4S. The zero-order valence-electron chi connectivity index (χ0n) is 4.28. The van der Waals surface area contributed by atoms with Gasteiger partial charge in [0.05, 0.1) is 6.42 Å². The van der Waals surface area contributed by atoms with E-state index in [9.17, 15) is 9.00 Å². The van der Waals surface area contributed by atoms with E-state index in [4.69, 9.17) is 10.2 Å². The van der Waals surface area contributed by atoms with E-state index in [2.05, 4.69) is 0 Å². The highest BCUT2D eigenvalue weighted by Crippen LogP contribution is 2.04. The molecule has 4 nitrogen and oxygen atoms in total. The van der Waals surface area contributed by atoms with Gasteiger partial charge in [0.25, 0.3) is 0 Å². The standard InChI is InChI=1S/C3H5IO4S/c4-9(8)3(7)1-2(5)6/h3,7H,1H2,(H,5,6). The molecule has 0 spiro atoms. The van der Waals surface area contributed by atoms with Crippen LogP contribution in [0.5, 0.6) is 0 Å². The number of aliphatic carboxylic acids is 1. The van der Waals surface area contributed by atoms with Gasteiger partial charge in [-0.25, -0.2) is 4.21 Å². The van der Waals surface area contributed by atoms with Gasteiger partial charge in [-0.1, -0.05) is 0 Å². The molecule has 0 aromatic rings. The number of carboxylic acids is 1. The van der Waals surface area contributed by atoms with Crippen molar-refractivity contribution in [3.63, 3.8) is 0 Å². The second kappa shape index (κ2) is 4.18. The molecule has 0 radical (unpaired) electrons. The summed E-state index contributed by atoms with van der Waals surface area (Å²) in [6, 6.07) is 0. The molecule has 0 saturated heterocycles. The van der Waals surface area contributed by atoms with E-state index < -0.39 is 25.8 Å². The van der Waals surface area contributed by atoms with Crippen molar-refractivity contribution in [1.29, 1.82) is 0 Å². The summed E-state index contributed by atoms with van der Waals surface area (Å²) in [6.07, 6.45) is -0.463. The Kier molecular flexibility index (Phi) is 4.32. The van der Waals surface area contributed by atoms with Gasteiger partial charge in [0.1, 0.15) is 13.4 Å². The molecule has 0 fully saturated rings. The summed E-state index contributed by atoms with van der Waals surface area (Å²) in [6.45, 7) is 0. The number of aliphatic hydroxyl groups excluding tert-OH is 1. The first-order valence-electron chi connectivity index (χ1n) is 2.00. The smallest absolute Gasteiger partial charge is 0.306 e. The van der Waals surface area contributed by atoms with Gasteiger partial charge in [0, 0.05) is 21.2 Å². The Bertz CT molecular complexity index is 136. The Morgan fingerprint density at radius 2 is 2.22 bits per heavy atom. The average Bonchev–Trinajstić information content (AvgIpc) is 1.63. The Balaban J connectivity index is 3.63. The van der Waals surface area contributed by atoms with Crippen LogP contribution in [-0.4, -0.2) is 25.8 Å². The molecule has 2 unspecified atom stereocenters. The van der Waals surface area contributed by atoms with Crippen molar-refractivity contribution in [3.8, 4) is 0 Å². The van der Waals surface area contributed by atoms with Gasteiger partial charge in [-0.15, -0.1) is 0 Å². The topological polar surface area (TPSA) is 74.6 Å². The van der Waals surface area contributed by atoms with Crippen LogP contribution in [0, 0.1) is 0 Å². The molecule has 0 saturated carbocycles. The number of hydrogen-bond acceptors (Lipinski definition) is 3. The number of halogens is 1. The van der Waals surface area contributed by atoms with E-state index in [0.29, 0.717) is 0 Å². The molecule has 0 rings (SSSR count). The third kappa shape index (κ3) is 4.79. The molecule has 0 amide bonds. The molecule has 2 N–H and O–H groups in total. The van der Waals surface area contributed by atoms with E-state index in [1.54, 1.807) is 0 Å². The maximum atomic E-state index is 10.3. The molecular weight excluding hydrogens is 259 g/mol. The zero-order chi connectivity index (χ0) is 7.44. The molecule has 2 atom stereocenters. The predicted octanol–water partition coefficient (Wildman–Crippen LogP) is -0.122. The summed E-state index contributed by atoms with van der Waals surface area (Å²) in [5, 5.41) is 16.6. The molecule has 0 aromatic carbocycles. The summed E-state index contributed by atoms with van der Waals surface area (Å²) in [5.41, 5.74) is -1.25. The predicted molar refractivity (Wildman–Crippen MR) is 40.4 cm³/mol. The lowest BCUT2D eigenvalue weighted by Crippen LogP contribution is -2.14. The van der Waals surface area contributed by atoms with Gasteiger partial charge >= 0.3 is 5.97 Å². The summed E-state index contributed by atoms with van der Waals surface area (Å²) < 4.78 is 10.3. The fraction of sp³-hybridized carbons (Fsp3) is 0.667. The van der Waals surface area contributed by atoms with Crippen LogP contribution in [-0.2, 0) is 12.8 Å². The van der Waals surface area contributed by atoms with Crippen molar-refractivity contribution >= 4 is 35.1 Å². The maximum absolute atomic E-state index is 10.3. The quantitative estimate of drug-likeness (QED) is 0.550. The minimum Gasteiger partial charge on any atom is -0.481 e. The minimum atomic E-state index is -1.49. The van der Waals surface area contributed by atoms with Gasteiger partial charge < -0.3 is 10.2 Å². The van der Waals surface area contributed by atoms with E-state index in [1.807, 2.05) is 0 Å². The van der Waals surface area contributed by atoms with Crippen LogP contribution in [0.15, 0.2) is 0 Å². The van der Waals surface area contributed by atoms with E-state index in [1.165, 1.54) is 21.2 Å². The third-order valence-corrected chi connectivity index (χ3v) is 2.92. The van der Waals surface area contributed by atoms with Crippen molar-refractivity contribution in [2.24, 2.45) is 0 Å². The Labute approximate surface area is 66.3 Å². The first-order chi connectivity index (χ1) is 4.04. The van der Waals surface area contributed by atoms with Crippen LogP contribution in [0.25, 0.3) is 0 Å². The fourth-order valence-electron chi connectivity index (χ4n) is 0.215. The fourth-order valence-corrected chi connectivity index (χ4v) is 1.03. The monoisotopic (exact) mass is 264 g/mol. The number of rotatable bonds is 3. The zero-order valence-corrected chi connectivity index (χ0v) is 7.26. The van der Waals surface area contributed by atoms with Gasteiger partial charge in [-0.05, 0) is 0 Å². The lowest BCUT2D eigenvalue weighted by molar-refractivity contribution is -0.138. The first-order valence-corrected chi connectivity index (χ1v) is 5.76. The van der Waals surface area contributed by atoms with Crippen molar-refractivity contribution in [1.82, 2.24) is 0 Å². The highest BCUT2D eigenvalue weighted by atomic mass is 127. The SMILES string of the molecule is O=C(O)CC(O)S(=O)I. The number of aliphatic hydroxyl groups is 1. The molecule has 0 aliphatic carbocycles.